The molecule has 1 N–H and O–H groups in total. The van der Waals surface area contributed by atoms with Crippen LogP contribution in [0.2, 0.25) is 0 Å². The van der Waals surface area contributed by atoms with Crippen molar-refractivity contribution in [1.82, 2.24) is 10.2 Å². The molecule has 0 bridgehead atoms. The van der Waals surface area contributed by atoms with E-state index in [0.29, 0.717) is 12.3 Å². The van der Waals surface area contributed by atoms with Crippen LogP contribution in [-0.2, 0) is 16.1 Å². The molecule has 1 aliphatic heterocycles. The maximum Gasteiger partial charge on any atom is 0.246 e. The average Bonchev–Trinajstić information content (AvgIpc) is 2.67. The Morgan fingerprint density at radius 1 is 1.37 bits per heavy atom. The van der Waals surface area contributed by atoms with Crippen LogP contribution in [0.25, 0.3) is 0 Å². The van der Waals surface area contributed by atoms with Crippen LogP contribution in [0, 0.1) is 12.3 Å². The molecule has 0 radical (unpaired) electrons. The summed E-state index contributed by atoms with van der Waals surface area (Å²) in [5.41, 5.74) is -0.301. The van der Waals surface area contributed by atoms with Crippen molar-refractivity contribution in [3.05, 3.63) is 23.7 Å². The Bertz CT molecular complexity index is 499. The molecule has 0 aromatic carbocycles. The summed E-state index contributed by atoms with van der Waals surface area (Å²) in [6.45, 7) is 8.10. The first-order valence-electron chi connectivity index (χ1n) is 6.41. The van der Waals surface area contributed by atoms with Crippen molar-refractivity contribution < 1.29 is 14.0 Å². The zero-order valence-corrected chi connectivity index (χ0v) is 11.8. The van der Waals surface area contributed by atoms with Crippen molar-refractivity contribution in [3.63, 3.8) is 0 Å². The van der Waals surface area contributed by atoms with Crippen LogP contribution >= 0.6 is 0 Å². The smallest absolute Gasteiger partial charge is 0.246 e. The Hall–Kier alpha value is -1.78. The first kappa shape index (κ1) is 13.6. The molecule has 2 amide bonds. The Balaban J connectivity index is 2.16. The van der Waals surface area contributed by atoms with E-state index >= 15 is 0 Å². The van der Waals surface area contributed by atoms with Gasteiger partial charge in [-0.05, 0) is 24.5 Å². The number of aryl methyl sites for hydroxylation is 1. The van der Waals surface area contributed by atoms with E-state index in [1.807, 2.05) is 39.8 Å². The predicted octanol–water partition coefficient (Wildman–Crippen LogP) is 1.46. The van der Waals surface area contributed by atoms with Gasteiger partial charge in [-0.2, -0.15) is 0 Å². The van der Waals surface area contributed by atoms with Crippen LogP contribution in [0.1, 0.15) is 32.3 Å². The number of piperazine rings is 1. The Kier molecular flexibility index (Phi) is 3.39. The van der Waals surface area contributed by atoms with Gasteiger partial charge in [0.2, 0.25) is 11.8 Å². The number of nitrogens with one attached hydrogen (secondary N) is 1. The maximum absolute atomic E-state index is 12.4. The molecule has 5 nitrogen and oxygen atoms in total. The topological polar surface area (TPSA) is 62.6 Å². The number of carbonyl (C=O) groups excluding carboxylic acids is 2. The molecule has 1 unspecified atom stereocenters. The predicted molar refractivity (Wildman–Crippen MR) is 70.2 cm³/mol. The SMILES string of the molecule is Cc1ccc(CN2CC(=O)NC(C(C)(C)C)C2=O)o1. The van der Waals surface area contributed by atoms with E-state index in [0.717, 1.165) is 5.76 Å². The summed E-state index contributed by atoms with van der Waals surface area (Å²) in [5, 5.41) is 2.77. The van der Waals surface area contributed by atoms with Gasteiger partial charge in [0.1, 0.15) is 24.1 Å². The minimum Gasteiger partial charge on any atom is -0.464 e. The molecule has 0 aliphatic carbocycles. The molecular formula is C14H20N2O3. The van der Waals surface area contributed by atoms with E-state index in [4.69, 9.17) is 4.42 Å². The van der Waals surface area contributed by atoms with E-state index in [1.54, 1.807) is 4.90 Å². The number of hydrogen-bond donors (Lipinski definition) is 1. The fraction of sp³-hybridized carbons (Fsp3) is 0.571. The largest absolute Gasteiger partial charge is 0.464 e. The molecule has 1 fully saturated rings. The Labute approximate surface area is 113 Å². The molecule has 2 heterocycles. The lowest BCUT2D eigenvalue weighted by molar-refractivity contribution is -0.148. The number of nitrogens with zero attached hydrogens (tertiary/aromatic N) is 1. The Morgan fingerprint density at radius 2 is 2.05 bits per heavy atom. The lowest BCUT2D eigenvalue weighted by Crippen LogP contribution is -2.61. The minimum absolute atomic E-state index is 0.0545. The van der Waals surface area contributed by atoms with E-state index in [9.17, 15) is 9.59 Å². The third kappa shape index (κ3) is 2.97. The molecule has 5 heteroatoms. The summed E-state index contributed by atoms with van der Waals surface area (Å²) in [5.74, 6) is 1.33. The molecular weight excluding hydrogens is 244 g/mol. The summed E-state index contributed by atoms with van der Waals surface area (Å²) in [6, 6.07) is 3.21. The first-order valence-corrected chi connectivity index (χ1v) is 6.41. The van der Waals surface area contributed by atoms with Crippen LogP contribution in [0.3, 0.4) is 0 Å². The molecule has 0 spiro atoms. The van der Waals surface area contributed by atoms with Gasteiger partial charge < -0.3 is 14.6 Å². The van der Waals surface area contributed by atoms with Gasteiger partial charge in [0, 0.05) is 0 Å². The second kappa shape index (κ2) is 4.72. The van der Waals surface area contributed by atoms with Crippen molar-refractivity contribution in [2.75, 3.05) is 6.54 Å². The standard InChI is InChI=1S/C14H20N2O3/c1-9-5-6-10(19-9)7-16-8-11(17)15-12(13(16)18)14(2,3)4/h5-6,12H,7-8H2,1-4H3,(H,15,17). The molecule has 1 saturated heterocycles. The zero-order chi connectivity index (χ0) is 14.2. The summed E-state index contributed by atoms with van der Waals surface area (Å²) in [4.78, 5) is 25.7. The average molecular weight is 264 g/mol. The van der Waals surface area contributed by atoms with E-state index in [1.165, 1.54) is 0 Å². The summed E-state index contributed by atoms with van der Waals surface area (Å²) >= 11 is 0. The zero-order valence-electron chi connectivity index (χ0n) is 11.8. The van der Waals surface area contributed by atoms with Gasteiger partial charge in [-0.1, -0.05) is 20.8 Å². The molecule has 104 valence electrons. The number of rotatable bonds is 2. The third-order valence-corrected chi connectivity index (χ3v) is 3.21. The van der Waals surface area contributed by atoms with Gasteiger partial charge in [0.05, 0.1) is 6.54 Å². The maximum atomic E-state index is 12.4. The van der Waals surface area contributed by atoms with Crippen LogP contribution in [-0.4, -0.2) is 29.3 Å². The summed E-state index contributed by atoms with van der Waals surface area (Å²) in [6.07, 6.45) is 0. The second-order valence-electron chi connectivity index (χ2n) is 6.07. The van der Waals surface area contributed by atoms with Crippen LogP contribution in [0.15, 0.2) is 16.5 Å². The minimum atomic E-state index is -0.482. The van der Waals surface area contributed by atoms with E-state index < -0.39 is 6.04 Å². The molecule has 0 saturated carbocycles. The highest BCUT2D eigenvalue weighted by atomic mass is 16.3. The summed E-state index contributed by atoms with van der Waals surface area (Å²) in [7, 11) is 0. The number of amides is 2. The Morgan fingerprint density at radius 3 is 2.58 bits per heavy atom. The molecule has 19 heavy (non-hydrogen) atoms. The number of furan rings is 1. The van der Waals surface area contributed by atoms with Crippen LogP contribution < -0.4 is 5.32 Å². The molecule has 1 aliphatic rings. The second-order valence-corrected chi connectivity index (χ2v) is 6.07. The lowest BCUT2D eigenvalue weighted by atomic mass is 9.85. The van der Waals surface area contributed by atoms with Crippen molar-refractivity contribution in [3.8, 4) is 0 Å². The van der Waals surface area contributed by atoms with Crippen molar-refractivity contribution >= 4 is 11.8 Å². The highest BCUT2D eigenvalue weighted by Gasteiger charge is 2.40. The monoisotopic (exact) mass is 264 g/mol. The summed E-state index contributed by atoms with van der Waals surface area (Å²) < 4.78 is 5.47. The van der Waals surface area contributed by atoms with Gasteiger partial charge in [0.25, 0.3) is 0 Å². The molecule has 2 rings (SSSR count). The van der Waals surface area contributed by atoms with Gasteiger partial charge >= 0.3 is 0 Å². The number of hydrogen-bond acceptors (Lipinski definition) is 3. The lowest BCUT2D eigenvalue weighted by Gasteiger charge is -2.38. The van der Waals surface area contributed by atoms with Gasteiger partial charge in [-0.3, -0.25) is 9.59 Å². The highest BCUT2D eigenvalue weighted by molar-refractivity contribution is 5.95. The van der Waals surface area contributed by atoms with Crippen LogP contribution in [0.4, 0.5) is 0 Å². The van der Waals surface area contributed by atoms with E-state index in [-0.39, 0.29) is 23.8 Å². The van der Waals surface area contributed by atoms with Crippen molar-refractivity contribution in [1.29, 1.82) is 0 Å². The fourth-order valence-corrected chi connectivity index (χ4v) is 2.18. The van der Waals surface area contributed by atoms with Crippen LogP contribution in [0.5, 0.6) is 0 Å². The van der Waals surface area contributed by atoms with Gasteiger partial charge in [-0.15, -0.1) is 0 Å². The molecule has 1 atom stereocenters. The molecule has 1 aromatic heterocycles. The molecule has 1 aromatic rings. The normalized spacial score (nSPS) is 20.6. The van der Waals surface area contributed by atoms with Crippen molar-refractivity contribution in [2.45, 2.75) is 40.3 Å². The fourth-order valence-electron chi connectivity index (χ4n) is 2.18. The quantitative estimate of drug-likeness (QED) is 0.879. The number of carbonyl (C=O) groups is 2. The van der Waals surface area contributed by atoms with Gasteiger partial charge in [-0.25, -0.2) is 0 Å². The third-order valence-electron chi connectivity index (χ3n) is 3.21. The van der Waals surface area contributed by atoms with Gasteiger partial charge in [0.15, 0.2) is 0 Å². The first-order chi connectivity index (χ1) is 8.77. The highest BCUT2D eigenvalue weighted by Crippen LogP contribution is 2.24. The van der Waals surface area contributed by atoms with Crippen molar-refractivity contribution in [2.24, 2.45) is 5.41 Å². The van der Waals surface area contributed by atoms with E-state index in [2.05, 4.69) is 5.32 Å².